The smallest absolute Gasteiger partial charge is 0.0960 e. The number of rotatable bonds is 2. The van der Waals surface area contributed by atoms with Gasteiger partial charge in [-0.1, -0.05) is 45.2 Å². The molecule has 2 heteroatoms. The van der Waals surface area contributed by atoms with E-state index in [0.717, 1.165) is 17.9 Å². The van der Waals surface area contributed by atoms with Crippen LogP contribution in [0.25, 0.3) is 0 Å². The first-order valence-corrected chi connectivity index (χ1v) is 5.42. The van der Waals surface area contributed by atoms with Crippen LogP contribution in [0.2, 0.25) is 0 Å². The molecule has 1 aliphatic rings. The van der Waals surface area contributed by atoms with E-state index in [9.17, 15) is 0 Å². The van der Waals surface area contributed by atoms with E-state index in [4.69, 9.17) is 0 Å². The summed E-state index contributed by atoms with van der Waals surface area (Å²) in [6.45, 7) is 10.6. The van der Waals surface area contributed by atoms with Gasteiger partial charge in [0.05, 0.1) is 5.03 Å². The van der Waals surface area contributed by atoms with Crippen molar-refractivity contribution in [1.82, 2.24) is 0 Å². The molecule has 13 heavy (non-hydrogen) atoms. The fourth-order valence-corrected chi connectivity index (χ4v) is 1.72. The van der Waals surface area contributed by atoms with Crippen molar-refractivity contribution in [3.63, 3.8) is 0 Å². The highest BCUT2D eigenvalue weighted by atomic mass is 32.2. The molecule has 0 radical (unpaired) electrons. The molecule has 0 amide bonds. The Labute approximate surface area is 85.0 Å². The molecule has 1 nitrogen and oxygen atoms in total. The summed E-state index contributed by atoms with van der Waals surface area (Å²) in [6.07, 6.45) is 6.36. The monoisotopic (exact) mass is 195 g/mol. The van der Waals surface area contributed by atoms with Gasteiger partial charge in [0.1, 0.15) is 0 Å². The van der Waals surface area contributed by atoms with Crippen molar-refractivity contribution in [2.45, 2.75) is 33.6 Å². The molecular weight excluding hydrogens is 178 g/mol. The first-order chi connectivity index (χ1) is 6.00. The van der Waals surface area contributed by atoms with E-state index in [1.54, 1.807) is 11.8 Å². The van der Waals surface area contributed by atoms with Crippen LogP contribution in [0.15, 0.2) is 27.6 Å². The average Bonchev–Trinajstić information content (AvgIpc) is 2.04. The van der Waals surface area contributed by atoms with Crippen LogP contribution in [0.3, 0.4) is 0 Å². The zero-order valence-electron chi connectivity index (χ0n) is 8.63. The summed E-state index contributed by atoms with van der Waals surface area (Å²) in [5.41, 5.74) is 0.165. The van der Waals surface area contributed by atoms with Gasteiger partial charge in [-0.3, -0.25) is 4.99 Å². The molecule has 1 aliphatic heterocycles. The third kappa shape index (κ3) is 3.39. The highest BCUT2D eigenvalue weighted by Gasteiger charge is 2.16. The van der Waals surface area contributed by atoms with Crippen LogP contribution in [-0.4, -0.2) is 6.21 Å². The molecule has 0 aromatic rings. The minimum absolute atomic E-state index is 0.165. The normalized spacial score (nSPS) is 17.0. The van der Waals surface area contributed by atoms with E-state index in [1.807, 2.05) is 6.21 Å². The van der Waals surface area contributed by atoms with E-state index in [1.165, 1.54) is 4.91 Å². The maximum atomic E-state index is 4.32. The van der Waals surface area contributed by atoms with E-state index in [-0.39, 0.29) is 5.41 Å². The number of nitrogens with zero attached hydrogens (tertiary/aromatic N) is 1. The lowest BCUT2D eigenvalue weighted by Gasteiger charge is -2.21. The second kappa shape index (κ2) is 4.14. The zero-order valence-corrected chi connectivity index (χ0v) is 9.45. The van der Waals surface area contributed by atoms with Crippen molar-refractivity contribution in [2.75, 3.05) is 0 Å². The fraction of sp³-hybridized carbons (Fsp3) is 0.545. The Morgan fingerprint density at radius 2 is 2.15 bits per heavy atom. The summed E-state index contributed by atoms with van der Waals surface area (Å²) in [6, 6.07) is 0. The molecule has 72 valence electrons. The van der Waals surface area contributed by atoms with Crippen LogP contribution in [0, 0.1) is 5.41 Å². The van der Waals surface area contributed by atoms with Crippen molar-refractivity contribution in [3.05, 3.63) is 22.6 Å². The summed E-state index contributed by atoms with van der Waals surface area (Å²) in [5, 5.41) is 1.10. The predicted molar refractivity (Wildman–Crippen MR) is 62.0 cm³/mol. The molecular formula is C11H17NS. The quantitative estimate of drug-likeness (QED) is 0.649. The zero-order chi connectivity index (χ0) is 9.90. The molecule has 0 aromatic carbocycles. The summed E-state index contributed by atoms with van der Waals surface area (Å²) in [7, 11) is 0. The predicted octanol–water partition coefficient (Wildman–Crippen LogP) is 3.99. The number of aliphatic imine (C=N–C) groups is 1. The summed E-state index contributed by atoms with van der Waals surface area (Å²) in [4.78, 5) is 5.50. The molecule has 0 spiro atoms. The van der Waals surface area contributed by atoms with E-state index < -0.39 is 0 Å². The van der Waals surface area contributed by atoms with Crippen molar-refractivity contribution >= 4 is 18.0 Å². The molecule has 0 aliphatic carbocycles. The Hall–Kier alpha value is -0.500. The molecule has 0 fully saturated rings. The Bertz CT molecular complexity index is 256. The summed E-state index contributed by atoms with van der Waals surface area (Å²) < 4.78 is 0. The maximum absolute atomic E-state index is 4.32. The van der Waals surface area contributed by atoms with Crippen LogP contribution in [0.1, 0.15) is 33.6 Å². The Kier molecular flexibility index (Phi) is 3.37. The molecule has 1 heterocycles. The molecule has 0 atom stereocenters. The number of thioether (sulfide) groups is 1. The topological polar surface area (TPSA) is 12.4 Å². The third-order valence-corrected chi connectivity index (χ3v) is 3.24. The highest BCUT2D eigenvalue weighted by Crippen LogP contribution is 2.38. The standard InChI is InChI=1S/C11H17NS/c1-9(11(2,3)4)13-10-7-5-6-8-12-10/h7-8H,1,5-6H2,2-4H3. The average molecular weight is 195 g/mol. The van der Waals surface area contributed by atoms with Crippen molar-refractivity contribution in [2.24, 2.45) is 10.4 Å². The van der Waals surface area contributed by atoms with Gasteiger partial charge < -0.3 is 0 Å². The van der Waals surface area contributed by atoms with Crippen molar-refractivity contribution in [3.8, 4) is 0 Å². The van der Waals surface area contributed by atoms with Crippen molar-refractivity contribution in [1.29, 1.82) is 0 Å². The minimum atomic E-state index is 0.165. The second-order valence-electron chi connectivity index (χ2n) is 4.21. The molecule has 0 saturated heterocycles. The van der Waals surface area contributed by atoms with Gasteiger partial charge >= 0.3 is 0 Å². The molecule has 0 saturated carbocycles. The number of hydrogen-bond acceptors (Lipinski definition) is 2. The lowest BCUT2D eigenvalue weighted by atomic mass is 9.97. The van der Waals surface area contributed by atoms with Gasteiger partial charge in [0.15, 0.2) is 0 Å². The fourth-order valence-electron chi connectivity index (χ4n) is 0.836. The second-order valence-corrected chi connectivity index (χ2v) is 5.32. The molecule has 1 rings (SSSR count). The van der Waals surface area contributed by atoms with Gasteiger partial charge in [0.2, 0.25) is 0 Å². The van der Waals surface area contributed by atoms with Crippen LogP contribution in [0.5, 0.6) is 0 Å². The van der Waals surface area contributed by atoms with E-state index in [2.05, 4.69) is 38.4 Å². The lowest BCUT2D eigenvalue weighted by molar-refractivity contribution is 0.535. The summed E-state index contributed by atoms with van der Waals surface area (Å²) in [5.74, 6) is 0. The third-order valence-electron chi connectivity index (χ3n) is 1.90. The Morgan fingerprint density at radius 1 is 1.46 bits per heavy atom. The van der Waals surface area contributed by atoms with Crippen LogP contribution in [-0.2, 0) is 0 Å². The molecule has 0 unspecified atom stereocenters. The van der Waals surface area contributed by atoms with Crippen LogP contribution < -0.4 is 0 Å². The van der Waals surface area contributed by atoms with Gasteiger partial charge in [0, 0.05) is 6.21 Å². The summed E-state index contributed by atoms with van der Waals surface area (Å²) >= 11 is 1.70. The van der Waals surface area contributed by atoms with E-state index in [0.29, 0.717) is 0 Å². The van der Waals surface area contributed by atoms with Crippen molar-refractivity contribution < 1.29 is 0 Å². The number of hydrogen-bond donors (Lipinski definition) is 0. The maximum Gasteiger partial charge on any atom is 0.0960 e. The van der Waals surface area contributed by atoms with E-state index >= 15 is 0 Å². The van der Waals surface area contributed by atoms with Crippen LogP contribution in [0.4, 0.5) is 0 Å². The largest absolute Gasteiger partial charge is 0.254 e. The Morgan fingerprint density at radius 3 is 2.62 bits per heavy atom. The SMILES string of the molecule is C=C(SC1=CCCC=N1)C(C)(C)C. The molecule has 0 bridgehead atoms. The first-order valence-electron chi connectivity index (χ1n) is 4.60. The van der Waals surface area contributed by atoms with Gasteiger partial charge in [0.25, 0.3) is 0 Å². The van der Waals surface area contributed by atoms with Gasteiger partial charge in [-0.25, -0.2) is 0 Å². The van der Waals surface area contributed by atoms with Crippen LogP contribution >= 0.6 is 11.8 Å². The highest BCUT2D eigenvalue weighted by molar-refractivity contribution is 8.06. The molecule has 0 N–H and O–H groups in total. The lowest BCUT2D eigenvalue weighted by Crippen LogP contribution is -2.05. The minimum Gasteiger partial charge on any atom is -0.254 e. The first kappa shape index (κ1) is 10.6. The number of allylic oxidation sites excluding steroid dienone is 2. The van der Waals surface area contributed by atoms with Gasteiger partial charge in [-0.05, 0) is 23.2 Å². The Balaban J connectivity index is 2.54. The molecule has 0 aromatic heterocycles. The van der Waals surface area contributed by atoms with Gasteiger partial charge in [-0.2, -0.15) is 0 Å². The van der Waals surface area contributed by atoms with Gasteiger partial charge in [-0.15, -0.1) is 0 Å².